The van der Waals surface area contributed by atoms with E-state index in [4.69, 9.17) is 4.74 Å². The van der Waals surface area contributed by atoms with Gasteiger partial charge in [-0.1, -0.05) is 0 Å². The van der Waals surface area contributed by atoms with E-state index < -0.39 is 0 Å². The molecular formula is C17H22FNO3S. The molecule has 23 heavy (non-hydrogen) atoms. The van der Waals surface area contributed by atoms with Crippen molar-refractivity contribution in [2.45, 2.75) is 31.1 Å². The number of esters is 1. The third kappa shape index (κ3) is 5.53. The Morgan fingerprint density at radius 1 is 1.26 bits per heavy atom. The molecule has 0 bridgehead atoms. The lowest BCUT2D eigenvalue weighted by Crippen LogP contribution is -2.40. The number of halogens is 1. The standard InChI is InChI=1S/C17H22FNO3S/c1-2-22-17(21)13-7-10-19(11-8-13)16(20)9-12-23-15-5-3-14(18)4-6-15/h3-6,13H,2,7-12H2,1H3. The van der Waals surface area contributed by atoms with Crippen LogP contribution in [0.1, 0.15) is 26.2 Å². The molecule has 6 heteroatoms. The van der Waals surface area contributed by atoms with Crippen molar-refractivity contribution in [3.8, 4) is 0 Å². The van der Waals surface area contributed by atoms with E-state index in [9.17, 15) is 14.0 Å². The highest BCUT2D eigenvalue weighted by Crippen LogP contribution is 2.22. The van der Waals surface area contributed by atoms with Crippen LogP contribution in [0.15, 0.2) is 29.2 Å². The fraction of sp³-hybridized carbons (Fsp3) is 0.529. The van der Waals surface area contributed by atoms with Gasteiger partial charge in [0, 0.05) is 30.2 Å². The fourth-order valence-corrected chi connectivity index (χ4v) is 3.41. The van der Waals surface area contributed by atoms with Gasteiger partial charge in [-0.25, -0.2) is 4.39 Å². The van der Waals surface area contributed by atoms with Crippen LogP contribution in [-0.2, 0) is 14.3 Å². The number of likely N-dealkylation sites (tertiary alicyclic amines) is 1. The van der Waals surface area contributed by atoms with Crippen molar-refractivity contribution in [2.24, 2.45) is 5.92 Å². The zero-order valence-electron chi connectivity index (χ0n) is 13.3. The number of carbonyl (C=O) groups is 2. The summed E-state index contributed by atoms with van der Waals surface area (Å²) in [4.78, 5) is 26.6. The van der Waals surface area contributed by atoms with Crippen molar-refractivity contribution >= 4 is 23.6 Å². The van der Waals surface area contributed by atoms with Gasteiger partial charge in [-0.3, -0.25) is 9.59 Å². The molecule has 0 unspecified atom stereocenters. The monoisotopic (exact) mass is 339 g/mol. The normalized spacial score (nSPS) is 15.5. The number of thioether (sulfide) groups is 1. The summed E-state index contributed by atoms with van der Waals surface area (Å²) in [5.41, 5.74) is 0. The summed E-state index contributed by atoms with van der Waals surface area (Å²) in [7, 11) is 0. The van der Waals surface area contributed by atoms with Crippen molar-refractivity contribution in [1.29, 1.82) is 0 Å². The van der Waals surface area contributed by atoms with Gasteiger partial charge < -0.3 is 9.64 Å². The van der Waals surface area contributed by atoms with E-state index in [0.29, 0.717) is 44.7 Å². The second-order valence-electron chi connectivity index (χ2n) is 5.46. The molecule has 4 nitrogen and oxygen atoms in total. The van der Waals surface area contributed by atoms with Gasteiger partial charge >= 0.3 is 5.97 Å². The summed E-state index contributed by atoms with van der Waals surface area (Å²) < 4.78 is 17.8. The third-order valence-corrected chi connectivity index (χ3v) is 4.88. The van der Waals surface area contributed by atoms with E-state index in [1.165, 1.54) is 12.1 Å². The van der Waals surface area contributed by atoms with Crippen LogP contribution in [-0.4, -0.2) is 42.2 Å². The Labute approximate surface area is 140 Å². The second kappa shape index (κ2) is 8.91. The molecule has 126 valence electrons. The molecule has 1 amide bonds. The van der Waals surface area contributed by atoms with Crippen molar-refractivity contribution in [3.05, 3.63) is 30.1 Å². The number of nitrogens with zero attached hydrogens (tertiary/aromatic N) is 1. The van der Waals surface area contributed by atoms with E-state index in [1.54, 1.807) is 30.8 Å². The molecular weight excluding hydrogens is 317 g/mol. The molecule has 2 rings (SSSR count). The molecule has 0 saturated carbocycles. The zero-order chi connectivity index (χ0) is 16.7. The maximum absolute atomic E-state index is 12.8. The molecule has 0 aromatic heterocycles. The second-order valence-corrected chi connectivity index (χ2v) is 6.63. The van der Waals surface area contributed by atoms with Gasteiger partial charge in [0.05, 0.1) is 12.5 Å². The van der Waals surface area contributed by atoms with Crippen LogP contribution in [0, 0.1) is 11.7 Å². The maximum Gasteiger partial charge on any atom is 0.309 e. The minimum absolute atomic E-state index is 0.0763. The van der Waals surface area contributed by atoms with Crippen LogP contribution in [0.3, 0.4) is 0 Å². The Balaban J connectivity index is 1.68. The molecule has 0 N–H and O–H groups in total. The number of benzene rings is 1. The number of carbonyl (C=O) groups excluding carboxylic acids is 2. The van der Waals surface area contributed by atoms with Gasteiger partial charge in [0.1, 0.15) is 5.82 Å². The van der Waals surface area contributed by atoms with Crippen LogP contribution in [0.4, 0.5) is 4.39 Å². The number of amides is 1. The van der Waals surface area contributed by atoms with Gasteiger partial charge in [-0.2, -0.15) is 0 Å². The summed E-state index contributed by atoms with van der Waals surface area (Å²) in [6.07, 6.45) is 1.80. The number of hydrogen-bond donors (Lipinski definition) is 0. The Kier molecular flexibility index (Phi) is 6.89. The minimum Gasteiger partial charge on any atom is -0.466 e. The summed E-state index contributed by atoms with van der Waals surface area (Å²) in [6, 6.07) is 6.28. The smallest absolute Gasteiger partial charge is 0.309 e. The maximum atomic E-state index is 12.8. The van der Waals surface area contributed by atoms with Gasteiger partial charge in [0.15, 0.2) is 0 Å². The van der Waals surface area contributed by atoms with E-state index in [2.05, 4.69) is 0 Å². The Morgan fingerprint density at radius 2 is 1.91 bits per heavy atom. The highest BCUT2D eigenvalue weighted by Gasteiger charge is 2.27. The molecule has 1 heterocycles. The Morgan fingerprint density at radius 3 is 2.52 bits per heavy atom. The number of ether oxygens (including phenoxy) is 1. The molecule has 1 aromatic rings. The molecule has 1 saturated heterocycles. The molecule has 1 aliphatic heterocycles. The third-order valence-electron chi connectivity index (χ3n) is 3.87. The first kappa shape index (κ1) is 17.8. The lowest BCUT2D eigenvalue weighted by molar-refractivity contribution is -0.151. The summed E-state index contributed by atoms with van der Waals surface area (Å²) in [5.74, 6) is 0.304. The number of rotatable bonds is 6. The summed E-state index contributed by atoms with van der Waals surface area (Å²) >= 11 is 1.55. The van der Waals surface area contributed by atoms with E-state index in [1.807, 2.05) is 4.90 Å². The largest absolute Gasteiger partial charge is 0.466 e. The first-order chi connectivity index (χ1) is 11.1. The van der Waals surface area contributed by atoms with Crippen LogP contribution in [0.5, 0.6) is 0 Å². The Bertz CT molecular complexity index is 527. The van der Waals surface area contributed by atoms with E-state index in [-0.39, 0.29) is 23.6 Å². The van der Waals surface area contributed by atoms with Gasteiger partial charge in [-0.15, -0.1) is 11.8 Å². The lowest BCUT2D eigenvalue weighted by Gasteiger charge is -2.30. The van der Waals surface area contributed by atoms with Crippen LogP contribution < -0.4 is 0 Å². The zero-order valence-corrected chi connectivity index (χ0v) is 14.1. The molecule has 0 spiro atoms. The molecule has 1 fully saturated rings. The van der Waals surface area contributed by atoms with Crippen LogP contribution >= 0.6 is 11.8 Å². The molecule has 1 aliphatic rings. The Hall–Kier alpha value is -1.56. The van der Waals surface area contributed by atoms with Crippen molar-refractivity contribution in [1.82, 2.24) is 4.90 Å². The fourth-order valence-electron chi connectivity index (χ4n) is 2.57. The van der Waals surface area contributed by atoms with Gasteiger partial charge in [-0.05, 0) is 44.0 Å². The predicted octanol–water partition coefficient (Wildman–Crippen LogP) is 3.11. The summed E-state index contributed by atoms with van der Waals surface area (Å²) in [6.45, 7) is 3.43. The average molecular weight is 339 g/mol. The van der Waals surface area contributed by atoms with Gasteiger partial charge in [0.25, 0.3) is 0 Å². The minimum atomic E-state index is -0.255. The number of piperidine rings is 1. The first-order valence-electron chi connectivity index (χ1n) is 7.93. The van der Waals surface area contributed by atoms with Crippen LogP contribution in [0.25, 0.3) is 0 Å². The highest BCUT2D eigenvalue weighted by atomic mass is 32.2. The molecule has 1 aromatic carbocycles. The van der Waals surface area contributed by atoms with Gasteiger partial charge in [0.2, 0.25) is 5.91 Å². The lowest BCUT2D eigenvalue weighted by atomic mass is 9.97. The quantitative estimate of drug-likeness (QED) is 0.590. The topological polar surface area (TPSA) is 46.6 Å². The first-order valence-corrected chi connectivity index (χ1v) is 8.91. The molecule has 0 radical (unpaired) electrons. The van der Waals surface area contributed by atoms with Crippen molar-refractivity contribution < 1.29 is 18.7 Å². The van der Waals surface area contributed by atoms with Crippen LogP contribution in [0.2, 0.25) is 0 Å². The van der Waals surface area contributed by atoms with E-state index in [0.717, 1.165) is 4.90 Å². The number of hydrogen-bond acceptors (Lipinski definition) is 4. The summed E-state index contributed by atoms with van der Waals surface area (Å²) in [5, 5.41) is 0. The van der Waals surface area contributed by atoms with Crippen molar-refractivity contribution in [3.63, 3.8) is 0 Å². The molecule has 0 aliphatic carbocycles. The highest BCUT2D eigenvalue weighted by molar-refractivity contribution is 7.99. The van der Waals surface area contributed by atoms with Crippen molar-refractivity contribution in [2.75, 3.05) is 25.4 Å². The SMILES string of the molecule is CCOC(=O)C1CCN(C(=O)CCSc2ccc(F)cc2)CC1. The molecule has 0 atom stereocenters. The predicted molar refractivity (Wildman–Crippen MR) is 87.7 cm³/mol. The average Bonchev–Trinajstić information content (AvgIpc) is 2.57. The van der Waals surface area contributed by atoms with E-state index >= 15 is 0 Å².